The summed E-state index contributed by atoms with van der Waals surface area (Å²) in [6, 6.07) is 2.35. The number of hydrogen-bond donors (Lipinski definition) is 1. The van der Waals surface area contributed by atoms with Crippen molar-refractivity contribution < 1.29 is 4.74 Å². The zero-order chi connectivity index (χ0) is 11.1. The highest BCUT2D eigenvalue weighted by molar-refractivity contribution is 8.00. The summed E-state index contributed by atoms with van der Waals surface area (Å²) in [4.78, 5) is 0. The molecule has 1 aliphatic heterocycles. The molecule has 1 saturated heterocycles. The fourth-order valence-electron chi connectivity index (χ4n) is 1.56. The maximum Gasteiger partial charge on any atom is 0.103 e. The molecule has 4 heteroatoms. The Bertz CT molecular complexity index is 225. The summed E-state index contributed by atoms with van der Waals surface area (Å²) in [5, 5.41) is 13.0. The van der Waals surface area contributed by atoms with Crippen molar-refractivity contribution in [2.45, 2.75) is 37.5 Å². The van der Waals surface area contributed by atoms with Crippen LogP contribution in [0.3, 0.4) is 0 Å². The lowest BCUT2D eigenvalue weighted by Gasteiger charge is -2.26. The van der Waals surface area contributed by atoms with E-state index in [-0.39, 0.29) is 5.54 Å². The maximum atomic E-state index is 9.04. The fraction of sp³-hybridized carbons (Fsp3) is 0.909. The molecule has 0 aliphatic carbocycles. The van der Waals surface area contributed by atoms with Gasteiger partial charge in [-0.15, -0.1) is 0 Å². The van der Waals surface area contributed by atoms with Gasteiger partial charge >= 0.3 is 0 Å². The summed E-state index contributed by atoms with van der Waals surface area (Å²) < 4.78 is 5.11. The Hall–Kier alpha value is -0.240. The van der Waals surface area contributed by atoms with E-state index < -0.39 is 0 Å². The van der Waals surface area contributed by atoms with Crippen molar-refractivity contribution in [1.29, 1.82) is 5.26 Å². The van der Waals surface area contributed by atoms with Crippen LogP contribution in [0.5, 0.6) is 0 Å². The lowest BCUT2D eigenvalue weighted by atomic mass is 9.98. The Balaban J connectivity index is 2.08. The number of rotatable bonds is 7. The predicted molar refractivity (Wildman–Crippen MR) is 64.0 cm³/mol. The highest BCUT2D eigenvalue weighted by Crippen LogP contribution is 2.21. The topological polar surface area (TPSA) is 45.0 Å². The van der Waals surface area contributed by atoms with Gasteiger partial charge in [0, 0.05) is 0 Å². The minimum Gasteiger partial charge on any atom is -0.379 e. The number of nitriles is 1. The molecular weight excluding hydrogens is 208 g/mol. The second kappa shape index (κ2) is 6.37. The van der Waals surface area contributed by atoms with Crippen LogP contribution in [-0.4, -0.2) is 36.3 Å². The highest BCUT2D eigenvalue weighted by atomic mass is 32.2. The van der Waals surface area contributed by atoms with Crippen LogP contribution in [0, 0.1) is 11.3 Å². The lowest BCUT2D eigenvalue weighted by molar-refractivity contribution is 0.0455. The molecule has 3 nitrogen and oxygen atoms in total. The molecule has 0 amide bonds. The number of ether oxygens (including phenoxy) is 1. The summed E-state index contributed by atoms with van der Waals surface area (Å²) in [5.74, 6) is 1.14. The Morgan fingerprint density at radius 1 is 1.60 bits per heavy atom. The summed E-state index contributed by atoms with van der Waals surface area (Å²) in [7, 11) is 0. The van der Waals surface area contributed by atoms with Crippen LogP contribution in [0.1, 0.15) is 26.7 Å². The number of hydrogen-bond acceptors (Lipinski definition) is 4. The summed E-state index contributed by atoms with van der Waals surface area (Å²) in [6.45, 7) is 6.69. The van der Waals surface area contributed by atoms with Gasteiger partial charge in [0.2, 0.25) is 0 Å². The monoisotopic (exact) mass is 228 g/mol. The second-order valence-corrected chi connectivity index (χ2v) is 5.52. The summed E-state index contributed by atoms with van der Waals surface area (Å²) >= 11 is 1.97. The molecular formula is C11H20N2OS. The smallest absolute Gasteiger partial charge is 0.103 e. The van der Waals surface area contributed by atoms with E-state index in [0.29, 0.717) is 5.25 Å². The Labute approximate surface area is 96.6 Å². The molecule has 1 aliphatic rings. The van der Waals surface area contributed by atoms with E-state index in [2.05, 4.69) is 11.4 Å². The van der Waals surface area contributed by atoms with Gasteiger partial charge in [-0.3, -0.25) is 5.32 Å². The predicted octanol–water partition coefficient (Wildman–Crippen LogP) is 1.79. The summed E-state index contributed by atoms with van der Waals surface area (Å²) in [6.07, 6.45) is 2.02. The molecule has 15 heavy (non-hydrogen) atoms. The van der Waals surface area contributed by atoms with Crippen molar-refractivity contribution in [3.8, 4) is 6.07 Å². The van der Waals surface area contributed by atoms with Gasteiger partial charge < -0.3 is 4.74 Å². The first-order valence-corrected chi connectivity index (χ1v) is 6.60. The number of nitrogens with one attached hydrogen (secondary N) is 1. The number of thioether (sulfide) groups is 1. The minimum absolute atomic E-state index is 0.342. The first kappa shape index (κ1) is 12.8. The summed E-state index contributed by atoms with van der Waals surface area (Å²) in [5.41, 5.74) is -0.342. The van der Waals surface area contributed by atoms with Crippen LogP contribution in [0.25, 0.3) is 0 Å². The Kier molecular flexibility index (Phi) is 5.44. The molecule has 1 rings (SSSR count). The van der Waals surface area contributed by atoms with Gasteiger partial charge in [0.1, 0.15) is 5.54 Å². The molecule has 86 valence electrons. The van der Waals surface area contributed by atoms with Crippen molar-refractivity contribution >= 4 is 11.8 Å². The van der Waals surface area contributed by atoms with Gasteiger partial charge in [-0.1, -0.05) is 6.92 Å². The van der Waals surface area contributed by atoms with Gasteiger partial charge in [0.15, 0.2) is 0 Å². The average Bonchev–Trinajstić information content (AvgIpc) is 2.15. The molecule has 0 bridgehead atoms. The minimum atomic E-state index is -0.342. The molecule has 1 heterocycles. The molecule has 1 N–H and O–H groups in total. The molecule has 0 aromatic heterocycles. The zero-order valence-corrected chi connectivity index (χ0v) is 10.4. The Morgan fingerprint density at radius 2 is 2.33 bits per heavy atom. The third-order valence-electron chi connectivity index (χ3n) is 2.60. The van der Waals surface area contributed by atoms with Crippen LogP contribution in [0.4, 0.5) is 0 Å². The van der Waals surface area contributed by atoms with E-state index in [4.69, 9.17) is 10.00 Å². The van der Waals surface area contributed by atoms with Crippen molar-refractivity contribution in [3.05, 3.63) is 0 Å². The largest absolute Gasteiger partial charge is 0.379 e. The third kappa shape index (κ3) is 4.42. The fourth-order valence-corrected chi connectivity index (χ4v) is 2.59. The van der Waals surface area contributed by atoms with Crippen LogP contribution in [0.15, 0.2) is 0 Å². The van der Waals surface area contributed by atoms with E-state index in [1.54, 1.807) is 0 Å². The zero-order valence-electron chi connectivity index (χ0n) is 9.58. The van der Waals surface area contributed by atoms with Crippen molar-refractivity contribution in [3.63, 3.8) is 0 Å². The lowest BCUT2D eigenvalue weighted by Crippen LogP contribution is -2.40. The normalized spacial score (nSPS) is 20.3. The van der Waals surface area contributed by atoms with E-state index in [1.165, 1.54) is 0 Å². The first-order valence-electron chi connectivity index (χ1n) is 5.56. The van der Waals surface area contributed by atoms with Crippen LogP contribution in [0.2, 0.25) is 0 Å². The van der Waals surface area contributed by atoms with E-state index in [0.717, 1.165) is 38.4 Å². The van der Waals surface area contributed by atoms with Gasteiger partial charge in [-0.2, -0.15) is 17.0 Å². The molecule has 1 fully saturated rings. The molecule has 0 saturated carbocycles. The molecule has 0 radical (unpaired) electrons. The van der Waals surface area contributed by atoms with Crippen LogP contribution < -0.4 is 5.32 Å². The van der Waals surface area contributed by atoms with Crippen LogP contribution >= 0.6 is 11.8 Å². The average molecular weight is 228 g/mol. The van der Waals surface area contributed by atoms with Crippen molar-refractivity contribution in [2.75, 3.05) is 25.5 Å². The number of nitrogens with zero attached hydrogens (tertiary/aromatic N) is 1. The van der Waals surface area contributed by atoms with Gasteiger partial charge in [-0.05, 0) is 32.1 Å². The van der Waals surface area contributed by atoms with Gasteiger partial charge in [0.25, 0.3) is 0 Å². The van der Waals surface area contributed by atoms with Crippen molar-refractivity contribution in [1.82, 2.24) is 5.32 Å². The molecule has 0 aromatic rings. The highest BCUT2D eigenvalue weighted by Gasteiger charge is 2.22. The van der Waals surface area contributed by atoms with E-state index in [1.807, 2.05) is 25.6 Å². The Morgan fingerprint density at radius 3 is 2.80 bits per heavy atom. The van der Waals surface area contributed by atoms with E-state index in [9.17, 15) is 0 Å². The van der Waals surface area contributed by atoms with Crippen molar-refractivity contribution in [2.24, 2.45) is 0 Å². The van der Waals surface area contributed by atoms with Gasteiger partial charge in [-0.25, -0.2) is 0 Å². The first-order chi connectivity index (χ1) is 7.20. The molecule has 0 spiro atoms. The third-order valence-corrected chi connectivity index (χ3v) is 3.86. The second-order valence-electron chi connectivity index (χ2n) is 4.11. The molecule has 1 unspecified atom stereocenters. The molecule has 0 aromatic carbocycles. The van der Waals surface area contributed by atoms with Crippen LogP contribution in [-0.2, 0) is 4.74 Å². The SMILES string of the molecule is CCNC(C)(C#N)CCCSC1COC1. The quantitative estimate of drug-likeness (QED) is 0.675. The van der Waals surface area contributed by atoms with Gasteiger partial charge in [0.05, 0.1) is 24.5 Å². The van der Waals surface area contributed by atoms with E-state index >= 15 is 0 Å². The molecule has 1 atom stereocenters. The maximum absolute atomic E-state index is 9.04. The standard InChI is InChI=1S/C11H20N2OS/c1-3-13-11(2,9-12)5-4-6-15-10-7-14-8-10/h10,13H,3-8H2,1-2H3.